The van der Waals surface area contributed by atoms with Gasteiger partial charge < -0.3 is 9.47 Å². The van der Waals surface area contributed by atoms with Gasteiger partial charge in [0.05, 0.1) is 38.5 Å². The molecule has 82 valence electrons. The minimum absolute atomic E-state index is 0.0778. The number of epoxide rings is 2. The molecule has 2 aliphatic heterocycles. The van der Waals surface area contributed by atoms with E-state index in [2.05, 4.69) is 0 Å². The number of ether oxygens (including phenoxy) is 2. The zero-order chi connectivity index (χ0) is 10.4. The molecule has 2 fully saturated rings. The lowest BCUT2D eigenvalue weighted by Gasteiger charge is -1.98. The standard InChI is InChI=1S/C9H11ClN2O3/c10-8-3-11(1-6-4-14-6)9(13)12(8)2-7-5-15-7/h3,6-7H,1-2,4-5H2. The van der Waals surface area contributed by atoms with Crippen molar-refractivity contribution in [2.24, 2.45) is 0 Å². The summed E-state index contributed by atoms with van der Waals surface area (Å²) in [5, 5.41) is 0.469. The summed E-state index contributed by atoms with van der Waals surface area (Å²) in [6, 6.07) is 0. The van der Waals surface area contributed by atoms with Crippen LogP contribution in [0.5, 0.6) is 0 Å². The van der Waals surface area contributed by atoms with E-state index in [0.717, 1.165) is 13.2 Å². The first kappa shape index (κ1) is 9.45. The molecule has 6 heteroatoms. The fourth-order valence-electron chi connectivity index (χ4n) is 1.57. The van der Waals surface area contributed by atoms with Crippen molar-refractivity contribution < 1.29 is 9.47 Å². The summed E-state index contributed by atoms with van der Waals surface area (Å²) in [6.45, 7) is 2.61. The second kappa shape index (κ2) is 3.37. The van der Waals surface area contributed by atoms with Crippen LogP contribution in [0.4, 0.5) is 0 Å². The third-order valence-electron chi connectivity index (χ3n) is 2.59. The molecule has 1 aromatic rings. The Kier molecular flexibility index (Phi) is 2.12. The van der Waals surface area contributed by atoms with E-state index in [4.69, 9.17) is 21.1 Å². The zero-order valence-corrected chi connectivity index (χ0v) is 8.81. The predicted octanol–water partition coefficient (Wildman–Crippen LogP) is 0.101. The highest BCUT2D eigenvalue weighted by molar-refractivity contribution is 6.29. The predicted molar refractivity (Wildman–Crippen MR) is 53.2 cm³/mol. The molecule has 0 amide bonds. The number of halogens is 1. The number of imidazole rings is 1. The Hall–Kier alpha value is -0.780. The molecule has 2 unspecified atom stereocenters. The van der Waals surface area contributed by atoms with Crippen molar-refractivity contribution in [2.75, 3.05) is 13.2 Å². The fourth-order valence-corrected chi connectivity index (χ4v) is 1.83. The molecule has 0 radical (unpaired) electrons. The second-order valence-corrected chi connectivity index (χ2v) is 4.30. The normalized spacial score (nSPS) is 28.1. The summed E-state index contributed by atoms with van der Waals surface area (Å²) < 4.78 is 13.3. The molecular weight excluding hydrogens is 220 g/mol. The Balaban J connectivity index is 1.84. The SMILES string of the molecule is O=c1n(CC2CO2)cc(Cl)n1CC1CO1. The highest BCUT2D eigenvalue weighted by atomic mass is 35.5. The number of hydrogen-bond acceptors (Lipinski definition) is 3. The van der Waals surface area contributed by atoms with Crippen LogP contribution in [0.15, 0.2) is 11.0 Å². The first-order valence-electron chi connectivity index (χ1n) is 4.93. The van der Waals surface area contributed by atoms with Crippen LogP contribution in [0.3, 0.4) is 0 Å². The van der Waals surface area contributed by atoms with Gasteiger partial charge in [0.2, 0.25) is 0 Å². The zero-order valence-electron chi connectivity index (χ0n) is 8.06. The summed E-state index contributed by atoms with van der Waals surface area (Å²) in [6.07, 6.45) is 2.01. The molecule has 3 heterocycles. The third-order valence-corrected chi connectivity index (χ3v) is 2.89. The fraction of sp³-hybridized carbons (Fsp3) is 0.667. The molecule has 0 bridgehead atoms. The van der Waals surface area contributed by atoms with Gasteiger partial charge in [0, 0.05) is 6.20 Å². The molecule has 2 atom stereocenters. The Morgan fingerprint density at radius 3 is 2.53 bits per heavy atom. The van der Waals surface area contributed by atoms with Crippen LogP contribution in [-0.4, -0.2) is 34.6 Å². The van der Waals surface area contributed by atoms with Crippen molar-refractivity contribution >= 4 is 11.6 Å². The van der Waals surface area contributed by atoms with Crippen LogP contribution >= 0.6 is 11.6 Å². The number of aromatic nitrogens is 2. The molecule has 5 nitrogen and oxygen atoms in total. The van der Waals surface area contributed by atoms with E-state index in [1.807, 2.05) is 0 Å². The monoisotopic (exact) mass is 230 g/mol. The van der Waals surface area contributed by atoms with Crippen LogP contribution in [0, 0.1) is 0 Å². The van der Waals surface area contributed by atoms with Crippen LogP contribution < -0.4 is 5.69 Å². The quantitative estimate of drug-likeness (QED) is 0.690. The average molecular weight is 231 g/mol. The Morgan fingerprint density at radius 1 is 1.33 bits per heavy atom. The minimum atomic E-state index is -0.0778. The molecular formula is C9H11ClN2O3. The first-order valence-corrected chi connectivity index (χ1v) is 5.30. The molecule has 3 rings (SSSR count). The van der Waals surface area contributed by atoms with Gasteiger partial charge in [-0.1, -0.05) is 11.6 Å². The largest absolute Gasteiger partial charge is 0.371 e. The van der Waals surface area contributed by atoms with Gasteiger partial charge in [-0.15, -0.1) is 0 Å². The van der Waals surface area contributed by atoms with Crippen LogP contribution in [0.25, 0.3) is 0 Å². The molecule has 0 spiro atoms. The van der Waals surface area contributed by atoms with Gasteiger partial charge in [-0.05, 0) is 0 Å². The molecule has 0 aromatic carbocycles. The van der Waals surface area contributed by atoms with Crippen molar-refractivity contribution in [3.8, 4) is 0 Å². The third kappa shape index (κ3) is 1.95. The maximum absolute atomic E-state index is 11.8. The van der Waals surface area contributed by atoms with E-state index in [1.165, 1.54) is 0 Å². The Morgan fingerprint density at radius 2 is 1.93 bits per heavy atom. The smallest absolute Gasteiger partial charge is 0.329 e. The van der Waals surface area contributed by atoms with E-state index < -0.39 is 0 Å². The van der Waals surface area contributed by atoms with Crippen molar-refractivity contribution in [1.82, 2.24) is 9.13 Å². The van der Waals surface area contributed by atoms with E-state index in [0.29, 0.717) is 18.2 Å². The lowest BCUT2D eigenvalue weighted by Crippen LogP contribution is -2.27. The Labute approximate surface area is 91.2 Å². The number of hydrogen-bond donors (Lipinski definition) is 0. The van der Waals surface area contributed by atoms with Gasteiger partial charge in [0.15, 0.2) is 0 Å². The number of rotatable bonds is 4. The van der Waals surface area contributed by atoms with E-state index in [1.54, 1.807) is 15.3 Å². The summed E-state index contributed by atoms with van der Waals surface area (Å²) >= 11 is 5.97. The van der Waals surface area contributed by atoms with Crippen LogP contribution in [-0.2, 0) is 22.6 Å². The lowest BCUT2D eigenvalue weighted by molar-refractivity contribution is 0.370. The topological polar surface area (TPSA) is 52.0 Å². The summed E-state index contributed by atoms with van der Waals surface area (Å²) in [7, 11) is 0. The first-order chi connectivity index (χ1) is 7.24. The molecule has 0 N–H and O–H groups in total. The molecule has 0 saturated carbocycles. The molecule has 2 aliphatic rings. The van der Waals surface area contributed by atoms with Gasteiger partial charge in [0.1, 0.15) is 5.15 Å². The summed E-state index contributed by atoms with van der Waals surface area (Å²) in [5.74, 6) is 0. The van der Waals surface area contributed by atoms with Gasteiger partial charge in [-0.25, -0.2) is 4.79 Å². The van der Waals surface area contributed by atoms with Crippen LogP contribution in [0.1, 0.15) is 0 Å². The maximum Gasteiger partial charge on any atom is 0.329 e. The average Bonchev–Trinajstić information content (AvgIpc) is 3.06. The van der Waals surface area contributed by atoms with E-state index in [9.17, 15) is 4.79 Å². The van der Waals surface area contributed by atoms with Gasteiger partial charge in [0.25, 0.3) is 0 Å². The van der Waals surface area contributed by atoms with E-state index in [-0.39, 0.29) is 17.9 Å². The highest BCUT2D eigenvalue weighted by Crippen LogP contribution is 2.16. The highest BCUT2D eigenvalue weighted by Gasteiger charge is 2.27. The van der Waals surface area contributed by atoms with Gasteiger partial charge in [-0.2, -0.15) is 0 Å². The van der Waals surface area contributed by atoms with Gasteiger partial charge in [-0.3, -0.25) is 9.13 Å². The number of nitrogens with zero attached hydrogens (tertiary/aromatic N) is 2. The second-order valence-electron chi connectivity index (χ2n) is 3.91. The molecule has 1 aromatic heterocycles. The van der Waals surface area contributed by atoms with Crippen molar-refractivity contribution in [2.45, 2.75) is 25.3 Å². The maximum atomic E-state index is 11.8. The summed E-state index contributed by atoms with van der Waals surface area (Å²) in [5.41, 5.74) is -0.0778. The lowest BCUT2D eigenvalue weighted by atomic mass is 10.5. The minimum Gasteiger partial charge on any atom is -0.371 e. The molecule has 15 heavy (non-hydrogen) atoms. The van der Waals surface area contributed by atoms with Crippen molar-refractivity contribution in [1.29, 1.82) is 0 Å². The van der Waals surface area contributed by atoms with Gasteiger partial charge >= 0.3 is 5.69 Å². The van der Waals surface area contributed by atoms with Crippen molar-refractivity contribution in [3.05, 3.63) is 21.8 Å². The molecule has 2 saturated heterocycles. The van der Waals surface area contributed by atoms with Crippen molar-refractivity contribution in [3.63, 3.8) is 0 Å². The Bertz CT molecular complexity index is 431. The van der Waals surface area contributed by atoms with E-state index >= 15 is 0 Å². The summed E-state index contributed by atoms with van der Waals surface area (Å²) in [4.78, 5) is 11.8. The van der Waals surface area contributed by atoms with Crippen LogP contribution in [0.2, 0.25) is 5.15 Å². The molecule has 0 aliphatic carbocycles.